The maximum absolute atomic E-state index is 3.69. The second-order valence-electron chi connectivity index (χ2n) is 4.50. The maximum atomic E-state index is 3.69. The van der Waals surface area contributed by atoms with Crippen LogP contribution < -0.4 is 0 Å². The molecule has 2 aliphatic rings. The molecule has 0 saturated carbocycles. The summed E-state index contributed by atoms with van der Waals surface area (Å²) in [6.45, 7) is 5.91. The lowest BCUT2D eigenvalue weighted by Gasteiger charge is -1.99. The van der Waals surface area contributed by atoms with Gasteiger partial charge in [-0.2, -0.15) is 0 Å². The van der Waals surface area contributed by atoms with Crippen molar-refractivity contribution in [2.45, 2.75) is 45.4 Å². The van der Waals surface area contributed by atoms with E-state index in [-0.39, 0.29) is 0 Å². The molecule has 88 valence electrons. The van der Waals surface area contributed by atoms with Gasteiger partial charge in [-0.05, 0) is 38.0 Å². The van der Waals surface area contributed by atoms with Gasteiger partial charge in [0.15, 0.2) is 0 Å². The minimum Gasteiger partial charge on any atom is -0.103 e. The second-order valence-corrected chi connectivity index (χ2v) is 4.50. The lowest BCUT2D eigenvalue weighted by atomic mass is 10.1. The van der Waals surface area contributed by atoms with Crippen molar-refractivity contribution in [3.63, 3.8) is 0 Å². The van der Waals surface area contributed by atoms with Crippen LogP contribution in [0.5, 0.6) is 0 Å². The van der Waals surface area contributed by atoms with Crippen LogP contribution in [0.4, 0.5) is 0 Å². The highest BCUT2D eigenvalue weighted by Crippen LogP contribution is 2.19. The molecule has 0 fully saturated rings. The van der Waals surface area contributed by atoms with Gasteiger partial charge in [0, 0.05) is 0 Å². The van der Waals surface area contributed by atoms with Gasteiger partial charge in [0.1, 0.15) is 0 Å². The van der Waals surface area contributed by atoms with E-state index in [0.717, 1.165) is 12.3 Å². The fraction of sp³-hybridized carbons (Fsp3) is 0.500. The Kier molecular flexibility index (Phi) is 6.64. The largest absolute Gasteiger partial charge is 0.103 e. The van der Waals surface area contributed by atoms with Crippen LogP contribution in [0.3, 0.4) is 0 Å². The van der Waals surface area contributed by atoms with Crippen molar-refractivity contribution in [2.75, 3.05) is 0 Å². The summed E-state index contributed by atoms with van der Waals surface area (Å²) in [5, 5.41) is 0. The fourth-order valence-electron chi connectivity index (χ4n) is 2.10. The first-order valence-electron chi connectivity index (χ1n) is 6.49. The van der Waals surface area contributed by atoms with E-state index >= 15 is 0 Å². The topological polar surface area (TPSA) is 0 Å². The van der Waals surface area contributed by atoms with E-state index in [2.05, 4.69) is 43.9 Å². The molecule has 0 radical (unpaired) electrons. The summed E-state index contributed by atoms with van der Waals surface area (Å²) in [7, 11) is 0. The molecule has 0 aromatic rings. The van der Waals surface area contributed by atoms with Gasteiger partial charge in [-0.3, -0.25) is 0 Å². The average Bonchev–Trinajstić information content (AvgIpc) is 2.92. The van der Waals surface area contributed by atoms with Crippen molar-refractivity contribution < 1.29 is 0 Å². The third kappa shape index (κ3) is 5.16. The fourth-order valence-corrected chi connectivity index (χ4v) is 2.10. The van der Waals surface area contributed by atoms with Gasteiger partial charge in [-0.25, -0.2) is 0 Å². The van der Waals surface area contributed by atoms with Crippen LogP contribution >= 0.6 is 0 Å². The highest BCUT2D eigenvalue weighted by Gasteiger charge is 2.04. The molecule has 0 N–H and O–H groups in total. The molecule has 16 heavy (non-hydrogen) atoms. The first-order chi connectivity index (χ1) is 7.86. The van der Waals surface area contributed by atoms with Gasteiger partial charge in [0.05, 0.1) is 0 Å². The van der Waals surface area contributed by atoms with Crippen LogP contribution in [0.15, 0.2) is 48.6 Å². The van der Waals surface area contributed by atoms with Gasteiger partial charge < -0.3 is 0 Å². The van der Waals surface area contributed by atoms with Crippen LogP contribution in [0.1, 0.15) is 45.4 Å². The van der Waals surface area contributed by atoms with E-state index < -0.39 is 0 Å². The quantitative estimate of drug-likeness (QED) is 0.566. The lowest BCUT2D eigenvalue weighted by molar-refractivity contribution is 0.644. The summed E-state index contributed by atoms with van der Waals surface area (Å²) in [6, 6.07) is 0. The normalized spacial score (nSPS) is 21.6. The van der Waals surface area contributed by atoms with Crippen molar-refractivity contribution in [2.24, 2.45) is 5.92 Å². The molecule has 2 aliphatic carbocycles. The molecule has 1 unspecified atom stereocenters. The summed E-state index contributed by atoms with van der Waals surface area (Å²) in [6.07, 6.45) is 20.7. The molecule has 0 aliphatic heterocycles. The summed E-state index contributed by atoms with van der Waals surface area (Å²) in [5.74, 6) is 0.812. The molecule has 0 aromatic carbocycles. The Bertz CT molecular complexity index is 278. The summed E-state index contributed by atoms with van der Waals surface area (Å²) in [5.41, 5.74) is 1.59. The monoisotopic (exact) mass is 216 g/mol. The number of allylic oxidation sites excluding steroid dienone is 7. The van der Waals surface area contributed by atoms with Crippen molar-refractivity contribution in [3.8, 4) is 0 Å². The first kappa shape index (κ1) is 13.0. The molecule has 1 atom stereocenters. The summed E-state index contributed by atoms with van der Waals surface area (Å²) in [4.78, 5) is 0. The van der Waals surface area contributed by atoms with Crippen molar-refractivity contribution in [3.05, 3.63) is 48.6 Å². The van der Waals surface area contributed by atoms with Crippen molar-refractivity contribution >= 4 is 0 Å². The minimum atomic E-state index is 0.812. The third-order valence-corrected chi connectivity index (χ3v) is 3.00. The molecular weight excluding hydrogens is 192 g/mol. The zero-order valence-electron chi connectivity index (χ0n) is 10.5. The molecule has 0 aromatic heterocycles. The maximum Gasteiger partial charge on any atom is -0.0133 e. The smallest absolute Gasteiger partial charge is 0.0133 e. The van der Waals surface area contributed by atoms with E-state index in [9.17, 15) is 0 Å². The molecule has 0 bridgehead atoms. The standard InChI is InChI=1S/2C8H12/c2*1-2-5-8-6-3-4-7-8/h3-4,6H,2,5,7H2,1H3;2-3,6,8H,1,4-5,7H2. The second kappa shape index (κ2) is 8.15. The Morgan fingerprint density at radius 2 is 2.31 bits per heavy atom. The zero-order chi connectivity index (χ0) is 11.6. The minimum absolute atomic E-state index is 0.812. The molecule has 0 amide bonds. The predicted molar refractivity (Wildman–Crippen MR) is 73.4 cm³/mol. The van der Waals surface area contributed by atoms with E-state index in [0.29, 0.717) is 0 Å². The lowest BCUT2D eigenvalue weighted by Crippen LogP contribution is -1.86. The molecular formula is C16H24. The summed E-state index contributed by atoms with van der Waals surface area (Å²) >= 11 is 0. The van der Waals surface area contributed by atoms with E-state index in [1.54, 1.807) is 5.57 Å². The van der Waals surface area contributed by atoms with E-state index in [1.807, 2.05) is 6.08 Å². The SMILES string of the molecule is C=CCC1C=CCC1.CCCC1=CC=CC1. The average molecular weight is 216 g/mol. The molecule has 0 heterocycles. The molecule has 0 saturated heterocycles. The van der Waals surface area contributed by atoms with Crippen LogP contribution in [0.2, 0.25) is 0 Å². The highest BCUT2D eigenvalue weighted by molar-refractivity contribution is 5.22. The zero-order valence-corrected chi connectivity index (χ0v) is 10.5. The molecule has 2 rings (SSSR count). The molecule has 0 spiro atoms. The van der Waals surface area contributed by atoms with Crippen LogP contribution in [0, 0.1) is 5.92 Å². The molecule has 0 heteroatoms. The van der Waals surface area contributed by atoms with E-state index in [1.165, 1.54) is 32.1 Å². The Balaban J connectivity index is 0.000000160. The van der Waals surface area contributed by atoms with Gasteiger partial charge in [0.25, 0.3) is 0 Å². The Morgan fingerprint density at radius 3 is 2.81 bits per heavy atom. The molecule has 0 nitrogen and oxygen atoms in total. The van der Waals surface area contributed by atoms with Gasteiger partial charge in [0.2, 0.25) is 0 Å². The van der Waals surface area contributed by atoms with E-state index in [4.69, 9.17) is 0 Å². The van der Waals surface area contributed by atoms with Gasteiger partial charge in [-0.1, -0.05) is 55.4 Å². The van der Waals surface area contributed by atoms with Gasteiger partial charge >= 0.3 is 0 Å². The number of hydrogen-bond acceptors (Lipinski definition) is 0. The Morgan fingerprint density at radius 1 is 1.44 bits per heavy atom. The first-order valence-corrected chi connectivity index (χ1v) is 6.49. The van der Waals surface area contributed by atoms with Crippen LogP contribution in [0.25, 0.3) is 0 Å². The van der Waals surface area contributed by atoms with Crippen molar-refractivity contribution in [1.82, 2.24) is 0 Å². The number of rotatable bonds is 4. The third-order valence-electron chi connectivity index (χ3n) is 3.00. The Labute approximate surface area is 100 Å². The predicted octanol–water partition coefficient (Wildman–Crippen LogP) is 5.20. The highest BCUT2D eigenvalue weighted by atomic mass is 14.1. The number of hydrogen-bond donors (Lipinski definition) is 0. The van der Waals surface area contributed by atoms with Gasteiger partial charge in [-0.15, -0.1) is 6.58 Å². The Hall–Kier alpha value is -1.04. The van der Waals surface area contributed by atoms with Crippen molar-refractivity contribution in [1.29, 1.82) is 0 Å². The summed E-state index contributed by atoms with van der Waals surface area (Å²) < 4.78 is 0. The van der Waals surface area contributed by atoms with Crippen LogP contribution in [-0.2, 0) is 0 Å². The van der Waals surface area contributed by atoms with Crippen LogP contribution in [-0.4, -0.2) is 0 Å².